The molecule has 2 aliphatic rings. The first-order valence-electron chi connectivity index (χ1n) is 5.76. The Labute approximate surface area is 86.6 Å². The maximum absolute atomic E-state index is 11.4. The van der Waals surface area contributed by atoms with Crippen LogP contribution in [0, 0.1) is 17.3 Å². The molecule has 0 heterocycles. The van der Waals surface area contributed by atoms with Crippen LogP contribution in [0.2, 0.25) is 0 Å². The average Bonchev–Trinajstić information content (AvgIpc) is 2.13. The van der Waals surface area contributed by atoms with Gasteiger partial charge in [-0.3, -0.25) is 4.79 Å². The van der Waals surface area contributed by atoms with E-state index >= 15 is 0 Å². The number of carbonyl (C=O) groups excluding carboxylic acids is 1. The molecule has 0 N–H and O–H groups in total. The fourth-order valence-electron chi connectivity index (χ4n) is 2.94. The maximum atomic E-state index is 11.4. The number of hydrogen-bond acceptors (Lipinski definition) is 1. The summed E-state index contributed by atoms with van der Waals surface area (Å²) >= 11 is 0. The van der Waals surface area contributed by atoms with Crippen molar-refractivity contribution in [2.75, 3.05) is 0 Å². The Hall–Kier alpha value is -0.590. The quantitative estimate of drug-likeness (QED) is 0.575. The fraction of sp³-hybridized carbons (Fsp3) is 0.769. The SMILES string of the molecule is C[C@H]1CCC2CCC(=O)C=C2C1(C)C. The zero-order valence-electron chi connectivity index (χ0n) is 9.47. The van der Waals surface area contributed by atoms with Crippen molar-refractivity contribution in [2.45, 2.75) is 46.5 Å². The fourth-order valence-corrected chi connectivity index (χ4v) is 2.94. The Morgan fingerprint density at radius 1 is 1.29 bits per heavy atom. The molecule has 2 aliphatic carbocycles. The molecule has 0 aromatic carbocycles. The second-order valence-corrected chi connectivity index (χ2v) is 5.50. The highest BCUT2D eigenvalue weighted by Gasteiger charge is 2.40. The predicted octanol–water partition coefficient (Wildman–Crippen LogP) is 3.35. The van der Waals surface area contributed by atoms with Crippen molar-refractivity contribution in [3.05, 3.63) is 11.6 Å². The molecule has 0 amide bonds. The topological polar surface area (TPSA) is 17.1 Å². The standard InChI is InChI=1S/C13H20O/c1-9-4-5-10-6-7-11(14)8-12(10)13(9,2)3/h8-10H,4-7H2,1-3H3/t9-,10?/m0/s1. The minimum atomic E-state index is 0.249. The van der Waals surface area contributed by atoms with Crippen molar-refractivity contribution in [2.24, 2.45) is 17.3 Å². The minimum Gasteiger partial charge on any atom is -0.295 e. The van der Waals surface area contributed by atoms with Gasteiger partial charge >= 0.3 is 0 Å². The lowest BCUT2D eigenvalue weighted by molar-refractivity contribution is -0.115. The molecule has 1 saturated carbocycles. The molecular weight excluding hydrogens is 172 g/mol. The lowest BCUT2D eigenvalue weighted by atomic mass is 9.60. The molecule has 2 atom stereocenters. The van der Waals surface area contributed by atoms with E-state index in [1.54, 1.807) is 0 Å². The smallest absolute Gasteiger partial charge is 0.155 e. The van der Waals surface area contributed by atoms with Crippen LogP contribution in [0.4, 0.5) is 0 Å². The van der Waals surface area contributed by atoms with Gasteiger partial charge in [-0.05, 0) is 42.6 Å². The molecule has 78 valence electrons. The molecule has 14 heavy (non-hydrogen) atoms. The van der Waals surface area contributed by atoms with E-state index in [0.717, 1.165) is 18.8 Å². The van der Waals surface area contributed by atoms with E-state index in [1.165, 1.54) is 18.4 Å². The van der Waals surface area contributed by atoms with Crippen LogP contribution in [-0.4, -0.2) is 5.78 Å². The van der Waals surface area contributed by atoms with Crippen molar-refractivity contribution in [1.82, 2.24) is 0 Å². The van der Waals surface area contributed by atoms with E-state index in [2.05, 4.69) is 20.8 Å². The Morgan fingerprint density at radius 2 is 2.00 bits per heavy atom. The van der Waals surface area contributed by atoms with Crippen LogP contribution in [0.5, 0.6) is 0 Å². The van der Waals surface area contributed by atoms with Gasteiger partial charge in [0, 0.05) is 6.42 Å². The van der Waals surface area contributed by atoms with Crippen molar-refractivity contribution in [1.29, 1.82) is 0 Å². The van der Waals surface area contributed by atoms with Crippen molar-refractivity contribution in [3.63, 3.8) is 0 Å². The lowest BCUT2D eigenvalue weighted by Gasteiger charge is -2.45. The van der Waals surface area contributed by atoms with Gasteiger partial charge in [-0.15, -0.1) is 0 Å². The van der Waals surface area contributed by atoms with E-state index in [1.807, 2.05) is 6.08 Å². The summed E-state index contributed by atoms with van der Waals surface area (Å²) in [7, 11) is 0. The minimum absolute atomic E-state index is 0.249. The number of ketones is 1. The van der Waals surface area contributed by atoms with Gasteiger partial charge in [0.25, 0.3) is 0 Å². The molecule has 0 aliphatic heterocycles. The van der Waals surface area contributed by atoms with Crippen LogP contribution < -0.4 is 0 Å². The second-order valence-electron chi connectivity index (χ2n) is 5.50. The van der Waals surface area contributed by atoms with Gasteiger partial charge in [-0.25, -0.2) is 0 Å². The molecule has 2 rings (SSSR count). The molecule has 0 spiro atoms. The van der Waals surface area contributed by atoms with Crippen LogP contribution in [0.25, 0.3) is 0 Å². The summed E-state index contributed by atoms with van der Waals surface area (Å²) in [6.07, 6.45) is 6.44. The third-order valence-corrected chi connectivity index (χ3v) is 4.42. The molecule has 1 unspecified atom stereocenters. The number of fused-ring (bicyclic) bond motifs is 1. The first-order valence-corrected chi connectivity index (χ1v) is 5.76. The van der Waals surface area contributed by atoms with Gasteiger partial charge in [0.2, 0.25) is 0 Å². The van der Waals surface area contributed by atoms with Crippen LogP contribution >= 0.6 is 0 Å². The largest absolute Gasteiger partial charge is 0.295 e. The first-order chi connectivity index (χ1) is 6.51. The monoisotopic (exact) mass is 192 g/mol. The highest BCUT2D eigenvalue weighted by molar-refractivity contribution is 5.91. The van der Waals surface area contributed by atoms with Crippen LogP contribution in [0.1, 0.15) is 46.5 Å². The average molecular weight is 192 g/mol. The summed E-state index contributed by atoms with van der Waals surface area (Å²) in [6, 6.07) is 0. The lowest BCUT2D eigenvalue weighted by Crippen LogP contribution is -2.35. The maximum Gasteiger partial charge on any atom is 0.155 e. The third-order valence-electron chi connectivity index (χ3n) is 4.42. The molecular formula is C13H20O. The highest BCUT2D eigenvalue weighted by Crippen LogP contribution is 2.49. The van der Waals surface area contributed by atoms with Crippen molar-refractivity contribution >= 4 is 5.78 Å². The first kappa shape index (κ1) is 9.95. The van der Waals surface area contributed by atoms with E-state index in [9.17, 15) is 4.79 Å². The summed E-state index contributed by atoms with van der Waals surface area (Å²) in [6.45, 7) is 6.92. The Balaban J connectivity index is 2.35. The molecule has 0 saturated heterocycles. The van der Waals surface area contributed by atoms with E-state index in [4.69, 9.17) is 0 Å². The molecule has 1 nitrogen and oxygen atoms in total. The molecule has 1 heteroatoms. The van der Waals surface area contributed by atoms with E-state index in [-0.39, 0.29) is 5.41 Å². The zero-order valence-corrected chi connectivity index (χ0v) is 9.47. The number of hydrogen-bond donors (Lipinski definition) is 0. The van der Waals surface area contributed by atoms with Gasteiger partial charge in [0.15, 0.2) is 5.78 Å². The van der Waals surface area contributed by atoms with Gasteiger partial charge in [-0.2, -0.15) is 0 Å². The number of carbonyl (C=O) groups is 1. The second kappa shape index (κ2) is 3.22. The summed E-state index contributed by atoms with van der Waals surface area (Å²) in [5, 5.41) is 0. The highest BCUT2D eigenvalue weighted by atomic mass is 16.1. The van der Waals surface area contributed by atoms with Gasteiger partial charge < -0.3 is 0 Å². The normalized spacial score (nSPS) is 36.2. The summed E-state index contributed by atoms with van der Waals surface area (Å²) in [5.41, 5.74) is 1.69. The van der Waals surface area contributed by atoms with Crippen LogP contribution in [0.3, 0.4) is 0 Å². The Morgan fingerprint density at radius 3 is 2.71 bits per heavy atom. The zero-order chi connectivity index (χ0) is 10.3. The summed E-state index contributed by atoms with van der Waals surface area (Å²) < 4.78 is 0. The number of rotatable bonds is 0. The molecule has 1 fully saturated rings. The Bertz CT molecular complexity index is 286. The molecule has 0 aromatic heterocycles. The molecule has 0 radical (unpaired) electrons. The van der Waals surface area contributed by atoms with Gasteiger partial charge in [-0.1, -0.05) is 26.3 Å². The summed E-state index contributed by atoms with van der Waals surface area (Å²) in [4.78, 5) is 11.4. The van der Waals surface area contributed by atoms with Crippen molar-refractivity contribution < 1.29 is 4.79 Å². The van der Waals surface area contributed by atoms with E-state index < -0.39 is 0 Å². The van der Waals surface area contributed by atoms with Crippen LogP contribution in [-0.2, 0) is 4.79 Å². The predicted molar refractivity (Wildman–Crippen MR) is 58.0 cm³/mol. The van der Waals surface area contributed by atoms with Gasteiger partial charge in [0.05, 0.1) is 0 Å². The van der Waals surface area contributed by atoms with Gasteiger partial charge in [0.1, 0.15) is 0 Å². The number of allylic oxidation sites excluding steroid dienone is 2. The molecule has 0 aromatic rings. The third kappa shape index (κ3) is 1.43. The van der Waals surface area contributed by atoms with Crippen molar-refractivity contribution in [3.8, 4) is 0 Å². The molecule has 0 bridgehead atoms. The summed E-state index contributed by atoms with van der Waals surface area (Å²) in [5.74, 6) is 1.77. The van der Waals surface area contributed by atoms with E-state index in [0.29, 0.717) is 11.7 Å². The Kier molecular flexibility index (Phi) is 2.29. The van der Waals surface area contributed by atoms with Crippen LogP contribution in [0.15, 0.2) is 11.6 Å².